The van der Waals surface area contributed by atoms with Crippen LogP contribution in [0.5, 0.6) is 0 Å². The topological polar surface area (TPSA) is 81.0 Å². The molecule has 7 nitrogen and oxygen atoms in total. The van der Waals surface area contributed by atoms with Gasteiger partial charge in [-0.3, -0.25) is 14.2 Å². The van der Waals surface area contributed by atoms with Crippen molar-refractivity contribution >= 4 is 34.5 Å². The number of hydrogen-bond acceptors (Lipinski definition) is 6. The summed E-state index contributed by atoms with van der Waals surface area (Å²) in [5.74, 6) is -0.432. The van der Waals surface area contributed by atoms with Gasteiger partial charge in [0.15, 0.2) is 4.80 Å². The summed E-state index contributed by atoms with van der Waals surface area (Å²) in [6.07, 6.45) is 0. The van der Waals surface area contributed by atoms with Crippen molar-refractivity contribution in [1.82, 2.24) is 4.57 Å². The predicted octanol–water partition coefficient (Wildman–Crippen LogP) is 2.88. The number of carbonyl (C=O) groups is 2. The Labute approximate surface area is 206 Å². The first-order valence-corrected chi connectivity index (χ1v) is 12.2. The van der Waals surface area contributed by atoms with Crippen LogP contribution in [0.15, 0.2) is 69.6 Å². The van der Waals surface area contributed by atoms with Crippen LogP contribution < -0.4 is 19.8 Å². The molecular weight excluding hydrogens is 462 g/mol. The first-order valence-electron chi connectivity index (χ1n) is 11.3. The molecule has 3 aromatic rings. The maximum atomic E-state index is 13.9. The molecule has 0 unspecified atom stereocenters. The Balaban J connectivity index is 1.81. The van der Waals surface area contributed by atoms with Crippen molar-refractivity contribution in [2.45, 2.75) is 32.7 Å². The first-order chi connectivity index (χ1) is 16.7. The molecule has 8 heteroatoms. The van der Waals surface area contributed by atoms with Crippen LogP contribution in [0.25, 0.3) is 5.57 Å². The summed E-state index contributed by atoms with van der Waals surface area (Å²) in [5, 5.41) is 0. The summed E-state index contributed by atoms with van der Waals surface area (Å²) < 4.78 is 6.91. The molecule has 1 amide bonds. The molecule has 2 aliphatic rings. The molecule has 5 rings (SSSR count). The lowest BCUT2D eigenvalue weighted by atomic mass is 9.93. The van der Waals surface area contributed by atoms with Crippen LogP contribution in [-0.2, 0) is 14.3 Å². The van der Waals surface area contributed by atoms with E-state index in [0.717, 1.165) is 16.8 Å². The van der Waals surface area contributed by atoms with E-state index in [9.17, 15) is 14.4 Å². The molecule has 0 fully saturated rings. The highest BCUT2D eigenvalue weighted by atomic mass is 32.1. The standard InChI is InChI=1S/C27H25N3O4S/c1-14(2)16-10-12-17(13-11-16)22-20(26(33)34-5)15(3)28-27-30(22)25(32)23(35-27)21-18-8-6-7-9-19(18)29(4)24(21)31/h6-14,22H,1-5H3/b23-21-/t22-/m0/s1. The molecule has 0 saturated carbocycles. The molecular formula is C27H25N3O4S. The SMILES string of the molecule is COC(=O)C1=C(C)N=c2s/c(=C3\C(=O)N(C)c4ccccc43)c(=O)n2[C@H]1c1ccc(C(C)C)cc1. The van der Waals surface area contributed by atoms with Gasteiger partial charge in [-0.15, -0.1) is 0 Å². The van der Waals surface area contributed by atoms with E-state index in [1.54, 1.807) is 18.9 Å². The lowest BCUT2D eigenvalue weighted by Crippen LogP contribution is -2.40. The molecule has 0 aliphatic carbocycles. The molecule has 2 aliphatic heterocycles. The van der Waals surface area contributed by atoms with E-state index in [-0.39, 0.29) is 11.5 Å². The quantitative estimate of drug-likeness (QED) is 0.532. The molecule has 0 spiro atoms. The second-order valence-corrected chi connectivity index (χ2v) is 9.95. The molecule has 2 aromatic carbocycles. The average molecular weight is 488 g/mol. The predicted molar refractivity (Wildman–Crippen MR) is 135 cm³/mol. The largest absolute Gasteiger partial charge is 0.466 e. The van der Waals surface area contributed by atoms with Crippen molar-refractivity contribution in [1.29, 1.82) is 0 Å². The second-order valence-electron chi connectivity index (χ2n) is 8.97. The highest BCUT2D eigenvalue weighted by Gasteiger charge is 2.36. The molecule has 1 aromatic heterocycles. The van der Waals surface area contributed by atoms with Gasteiger partial charge >= 0.3 is 5.97 Å². The van der Waals surface area contributed by atoms with E-state index in [2.05, 4.69) is 18.8 Å². The summed E-state index contributed by atoms with van der Waals surface area (Å²) in [6, 6.07) is 14.6. The second kappa shape index (κ2) is 8.46. The third kappa shape index (κ3) is 3.47. The Morgan fingerprint density at radius 1 is 1.09 bits per heavy atom. The Morgan fingerprint density at radius 3 is 2.43 bits per heavy atom. The van der Waals surface area contributed by atoms with Crippen molar-refractivity contribution in [3.05, 3.63) is 96.2 Å². The minimum absolute atomic E-state index is 0.238. The molecule has 178 valence electrons. The zero-order chi connectivity index (χ0) is 25.0. The van der Waals surface area contributed by atoms with Crippen LogP contribution in [0.4, 0.5) is 5.69 Å². The number of thiazole rings is 1. The highest BCUT2D eigenvalue weighted by molar-refractivity contribution is 7.07. The number of methoxy groups -OCH3 is 1. The number of hydrogen-bond donors (Lipinski definition) is 0. The zero-order valence-corrected chi connectivity index (χ0v) is 21.0. The number of rotatable bonds is 3. The molecule has 0 radical (unpaired) electrons. The number of allylic oxidation sites excluding steroid dienone is 1. The van der Waals surface area contributed by atoms with Crippen LogP contribution in [0.1, 0.15) is 49.4 Å². The van der Waals surface area contributed by atoms with Crippen molar-refractivity contribution in [2.24, 2.45) is 4.99 Å². The van der Waals surface area contributed by atoms with Gasteiger partial charge in [0.05, 0.1) is 35.7 Å². The molecule has 0 N–H and O–H groups in total. The third-order valence-corrected chi connectivity index (χ3v) is 7.66. The van der Waals surface area contributed by atoms with E-state index in [1.807, 2.05) is 48.5 Å². The lowest BCUT2D eigenvalue weighted by molar-refractivity contribution is -0.136. The number of fused-ring (bicyclic) bond motifs is 2. The fourth-order valence-electron chi connectivity index (χ4n) is 4.71. The summed E-state index contributed by atoms with van der Waals surface area (Å²) in [7, 11) is 3.02. The molecule has 0 bridgehead atoms. The molecule has 3 heterocycles. The van der Waals surface area contributed by atoms with E-state index in [4.69, 9.17) is 4.74 Å². The monoisotopic (exact) mass is 487 g/mol. The Kier molecular flexibility index (Phi) is 5.56. The summed E-state index contributed by atoms with van der Waals surface area (Å²) in [4.78, 5) is 46.6. The van der Waals surface area contributed by atoms with Gasteiger partial charge in [-0.25, -0.2) is 9.79 Å². The van der Waals surface area contributed by atoms with Crippen LogP contribution in [0, 0.1) is 0 Å². The van der Waals surface area contributed by atoms with E-state index in [1.165, 1.54) is 23.0 Å². The van der Waals surface area contributed by atoms with Crippen LogP contribution in [0.3, 0.4) is 0 Å². The van der Waals surface area contributed by atoms with E-state index in [0.29, 0.717) is 37.7 Å². The average Bonchev–Trinajstić information content (AvgIpc) is 3.30. The number of ether oxygens (including phenoxy) is 1. The number of benzene rings is 2. The van der Waals surface area contributed by atoms with Gasteiger partial charge in [-0.1, -0.05) is 67.6 Å². The molecule has 0 saturated heterocycles. The van der Waals surface area contributed by atoms with Crippen molar-refractivity contribution in [3.63, 3.8) is 0 Å². The maximum absolute atomic E-state index is 13.9. The lowest BCUT2D eigenvalue weighted by Gasteiger charge is -2.24. The van der Waals surface area contributed by atoms with Gasteiger partial charge < -0.3 is 9.64 Å². The van der Waals surface area contributed by atoms with Crippen LogP contribution >= 0.6 is 11.3 Å². The van der Waals surface area contributed by atoms with Crippen molar-refractivity contribution in [2.75, 3.05) is 19.1 Å². The van der Waals surface area contributed by atoms with Crippen molar-refractivity contribution < 1.29 is 14.3 Å². The fourth-order valence-corrected chi connectivity index (χ4v) is 5.85. The Morgan fingerprint density at radius 2 is 1.77 bits per heavy atom. The zero-order valence-electron chi connectivity index (χ0n) is 20.2. The fraction of sp³-hybridized carbons (Fsp3) is 0.259. The summed E-state index contributed by atoms with van der Waals surface area (Å²) in [6.45, 7) is 5.96. The normalized spacial score (nSPS) is 18.5. The van der Waals surface area contributed by atoms with Crippen LogP contribution in [0.2, 0.25) is 0 Å². The molecule has 35 heavy (non-hydrogen) atoms. The Bertz CT molecular complexity index is 1590. The van der Waals surface area contributed by atoms with Crippen molar-refractivity contribution in [3.8, 4) is 0 Å². The number of amides is 1. The molecule has 1 atom stereocenters. The number of likely N-dealkylation sites (N-methyl/N-ethyl adjacent to an activating group) is 1. The highest BCUT2D eigenvalue weighted by Crippen LogP contribution is 2.34. The van der Waals surface area contributed by atoms with Gasteiger partial charge in [0.1, 0.15) is 4.53 Å². The smallest absolute Gasteiger partial charge is 0.338 e. The van der Waals surface area contributed by atoms with Gasteiger partial charge in [-0.05, 0) is 30.0 Å². The minimum atomic E-state index is -0.709. The van der Waals surface area contributed by atoms with Gasteiger partial charge in [0, 0.05) is 12.6 Å². The first kappa shape index (κ1) is 23.0. The Hall–Kier alpha value is -3.78. The number of anilines is 1. The summed E-state index contributed by atoms with van der Waals surface area (Å²) >= 11 is 1.17. The maximum Gasteiger partial charge on any atom is 0.338 e. The number of esters is 1. The summed E-state index contributed by atoms with van der Waals surface area (Å²) in [5.41, 5.74) is 4.21. The number of carbonyl (C=O) groups excluding carboxylic acids is 2. The minimum Gasteiger partial charge on any atom is -0.466 e. The van der Waals surface area contributed by atoms with Gasteiger partial charge in [0.2, 0.25) is 0 Å². The van der Waals surface area contributed by atoms with Gasteiger partial charge in [0.25, 0.3) is 11.5 Å². The van der Waals surface area contributed by atoms with E-state index >= 15 is 0 Å². The van der Waals surface area contributed by atoms with Gasteiger partial charge in [-0.2, -0.15) is 0 Å². The number of aromatic nitrogens is 1. The number of nitrogens with zero attached hydrogens (tertiary/aromatic N) is 3. The third-order valence-electron chi connectivity index (χ3n) is 6.60. The number of para-hydroxylation sites is 1. The van der Waals surface area contributed by atoms with E-state index < -0.39 is 12.0 Å². The van der Waals surface area contributed by atoms with Crippen LogP contribution in [-0.4, -0.2) is 30.6 Å².